The fraction of sp³-hybridized carbons (Fsp3) is 0.250. The van der Waals surface area contributed by atoms with Gasteiger partial charge in [0.05, 0.1) is 34.3 Å². The van der Waals surface area contributed by atoms with Gasteiger partial charge in [-0.2, -0.15) is 0 Å². The SMILES string of the molecule is Cc1nc2ccc(-c3cnc(-c4ccc5nc(C6CCCN6C(=O)C(c6ccccc6)N(C)C)[nH]c5c4)o3)cc2[nH]1. The predicted octanol–water partition coefficient (Wildman–Crippen LogP) is 6.04. The number of aryl methyl sites for hydroxylation is 1. The summed E-state index contributed by atoms with van der Waals surface area (Å²) in [6, 6.07) is 21.5. The molecule has 9 heteroatoms. The van der Waals surface area contributed by atoms with Gasteiger partial charge >= 0.3 is 0 Å². The van der Waals surface area contributed by atoms with Crippen LogP contribution in [0.4, 0.5) is 0 Å². The van der Waals surface area contributed by atoms with Crippen LogP contribution in [0.2, 0.25) is 0 Å². The second-order valence-electron chi connectivity index (χ2n) is 10.9. The Hall–Kier alpha value is -4.76. The molecule has 0 aliphatic carbocycles. The van der Waals surface area contributed by atoms with Crippen LogP contribution in [0.25, 0.3) is 44.8 Å². The van der Waals surface area contributed by atoms with E-state index in [1.807, 2.05) is 97.5 Å². The van der Waals surface area contributed by atoms with Crippen molar-refractivity contribution in [2.24, 2.45) is 0 Å². The summed E-state index contributed by atoms with van der Waals surface area (Å²) in [5.74, 6) is 3.01. The quantitative estimate of drug-likeness (QED) is 0.264. The van der Waals surface area contributed by atoms with Crippen molar-refractivity contribution in [1.82, 2.24) is 34.7 Å². The van der Waals surface area contributed by atoms with Gasteiger partial charge in [0.2, 0.25) is 11.8 Å². The second kappa shape index (κ2) is 10.0. The van der Waals surface area contributed by atoms with Crippen LogP contribution in [0.5, 0.6) is 0 Å². The van der Waals surface area contributed by atoms with E-state index in [0.29, 0.717) is 18.2 Å². The maximum atomic E-state index is 13.8. The highest BCUT2D eigenvalue weighted by molar-refractivity contribution is 5.85. The molecule has 1 amide bonds. The number of benzene rings is 3. The summed E-state index contributed by atoms with van der Waals surface area (Å²) in [5.41, 5.74) is 6.40. The molecule has 2 N–H and O–H groups in total. The highest BCUT2D eigenvalue weighted by atomic mass is 16.4. The average Bonchev–Trinajstić information content (AvgIpc) is 3.77. The molecule has 6 aromatic rings. The van der Waals surface area contributed by atoms with E-state index in [9.17, 15) is 4.79 Å². The van der Waals surface area contributed by atoms with Gasteiger partial charge in [-0.05, 0) is 75.8 Å². The molecular formula is C32H31N7O2. The molecule has 2 atom stereocenters. The molecule has 3 aromatic carbocycles. The second-order valence-corrected chi connectivity index (χ2v) is 10.9. The number of nitrogens with zero attached hydrogens (tertiary/aromatic N) is 5. The molecule has 0 bridgehead atoms. The summed E-state index contributed by atoms with van der Waals surface area (Å²) in [5, 5.41) is 0. The van der Waals surface area contributed by atoms with E-state index in [1.165, 1.54) is 0 Å². The summed E-state index contributed by atoms with van der Waals surface area (Å²) in [6.45, 7) is 2.66. The highest BCUT2D eigenvalue weighted by Gasteiger charge is 2.37. The fourth-order valence-electron chi connectivity index (χ4n) is 5.92. The zero-order valence-corrected chi connectivity index (χ0v) is 23.3. The van der Waals surface area contributed by atoms with Gasteiger partial charge in [0.1, 0.15) is 17.7 Å². The van der Waals surface area contributed by atoms with Crippen molar-refractivity contribution in [2.45, 2.75) is 31.8 Å². The summed E-state index contributed by atoms with van der Waals surface area (Å²) < 4.78 is 6.17. The van der Waals surface area contributed by atoms with Crippen LogP contribution in [0, 0.1) is 6.92 Å². The fourth-order valence-corrected chi connectivity index (χ4v) is 5.92. The van der Waals surface area contributed by atoms with Gasteiger partial charge in [0, 0.05) is 17.7 Å². The van der Waals surface area contributed by atoms with Crippen LogP contribution in [-0.4, -0.2) is 61.3 Å². The van der Waals surface area contributed by atoms with Crippen molar-refractivity contribution in [3.8, 4) is 22.8 Å². The third-order valence-corrected chi connectivity index (χ3v) is 7.85. The molecule has 0 radical (unpaired) electrons. The number of H-pyrrole nitrogens is 2. The van der Waals surface area contributed by atoms with Crippen LogP contribution >= 0.6 is 0 Å². The number of aromatic amines is 2. The number of rotatable bonds is 6. The molecule has 7 rings (SSSR count). The lowest BCUT2D eigenvalue weighted by Crippen LogP contribution is -2.40. The third-order valence-electron chi connectivity index (χ3n) is 7.85. The highest BCUT2D eigenvalue weighted by Crippen LogP contribution is 2.36. The number of carbonyl (C=O) groups is 1. The number of hydrogen-bond acceptors (Lipinski definition) is 6. The molecule has 2 unspecified atom stereocenters. The summed E-state index contributed by atoms with van der Waals surface area (Å²) in [7, 11) is 3.90. The van der Waals surface area contributed by atoms with Gasteiger partial charge in [-0.25, -0.2) is 15.0 Å². The molecule has 1 saturated heterocycles. The number of aromatic nitrogens is 5. The molecule has 206 valence electrons. The van der Waals surface area contributed by atoms with Crippen molar-refractivity contribution in [3.05, 3.63) is 90.1 Å². The molecule has 0 spiro atoms. The Kier molecular flexibility index (Phi) is 6.16. The number of imidazole rings is 2. The van der Waals surface area contributed by atoms with Crippen molar-refractivity contribution in [2.75, 3.05) is 20.6 Å². The van der Waals surface area contributed by atoms with Crippen molar-refractivity contribution in [3.63, 3.8) is 0 Å². The molecular weight excluding hydrogens is 514 g/mol. The number of amides is 1. The van der Waals surface area contributed by atoms with Gasteiger partial charge in [-0.1, -0.05) is 30.3 Å². The normalized spacial score (nSPS) is 16.3. The number of fused-ring (bicyclic) bond motifs is 2. The van der Waals surface area contributed by atoms with Crippen LogP contribution in [0.1, 0.15) is 42.1 Å². The lowest BCUT2D eigenvalue weighted by molar-refractivity contribution is -0.137. The van der Waals surface area contributed by atoms with Gasteiger partial charge in [0.25, 0.3) is 0 Å². The number of carbonyl (C=O) groups excluding carboxylic acids is 1. The maximum absolute atomic E-state index is 13.8. The van der Waals surface area contributed by atoms with Crippen molar-refractivity contribution in [1.29, 1.82) is 0 Å². The molecule has 4 heterocycles. The number of likely N-dealkylation sites (N-methyl/N-ethyl adjacent to an activating group) is 1. The van der Waals surface area contributed by atoms with Gasteiger partial charge in [-0.15, -0.1) is 0 Å². The summed E-state index contributed by atoms with van der Waals surface area (Å²) in [4.78, 5) is 38.5. The van der Waals surface area contributed by atoms with Crippen LogP contribution < -0.4 is 0 Å². The minimum absolute atomic E-state index is 0.0978. The average molecular weight is 546 g/mol. The first kappa shape index (κ1) is 25.2. The van der Waals surface area contributed by atoms with Crippen molar-refractivity contribution >= 4 is 28.0 Å². The molecule has 1 aliphatic rings. The van der Waals surface area contributed by atoms with Gasteiger partial charge in [-0.3, -0.25) is 9.69 Å². The first-order valence-corrected chi connectivity index (χ1v) is 13.9. The van der Waals surface area contributed by atoms with Gasteiger partial charge in [0.15, 0.2) is 5.76 Å². The van der Waals surface area contributed by atoms with E-state index in [1.54, 1.807) is 6.20 Å². The van der Waals surface area contributed by atoms with E-state index in [-0.39, 0.29) is 18.0 Å². The molecule has 1 fully saturated rings. The monoisotopic (exact) mass is 545 g/mol. The minimum atomic E-state index is -0.343. The Balaban J connectivity index is 1.16. The van der Waals surface area contributed by atoms with E-state index >= 15 is 0 Å². The topological polar surface area (TPSA) is 107 Å². The molecule has 3 aromatic heterocycles. The van der Waals surface area contributed by atoms with Crippen LogP contribution in [0.15, 0.2) is 77.3 Å². The number of hydrogen-bond donors (Lipinski definition) is 2. The Bertz CT molecular complexity index is 1870. The van der Waals surface area contributed by atoms with E-state index < -0.39 is 0 Å². The Morgan fingerprint density at radius 1 is 0.976 bits per heavy atom. The first-order valence-electron chi connectivity index (χ1n) is 13.9. The number of oxazole rings is 1. The summed E-state index contributed by atoms with van der Waals surface area (Å²) in [6.07, 6.45) is 3.56. The maximum Gasteiger partial charge on any atom is 0.245 e. The largest absolute Gasteiger partial charge is 0.436 e. The van der Waals surface area contributed by atoms with Gasteiger partial charge < -0.3 is 19.3 Å². The number of nitrogens with one attached hydrogen (secondary N) is 2. The lowest BCUT2D eigenvalue weighted by atomic mass is 10.0. The molecule has 41 heavy (non-hydrogen) atoms. The lowest BCUT2D eigenvalue weighted by Gasteiger charge is -2.31. The third kappa shape index (κ3) is 4.58. The van der Waals surface area contributed by atoms with Crippen LogP contribution in [0.3, 0.4) is 0 Å². The Morgan fingerprint density at radius 3 is 2.51 bits per heavy atom. The smallest absolute Gasteiger partial charge is 0.245 e. The van der Waals surface area contributed by atoms with E-state index in [0.717, 1.165) is 63.2 Å². The molecule has 9 nitrogen and oxygen atoms in total. The Labute approximate surface area is 237 Å². The predicted molar refractivity (Wildman–Crippen MR) is 158 cm³/mol. The standard InChI is InChI=1S/C32H31N7O2/c1-19-34-23-13-11-21(16-25(23)35-19)28-18-33-31(41-28)22-12-14-24-26(17-22)37-30(36-24)27-10-7-15-39(27)32(40)29(38(2)3)20-8-5-4-6-9-20/h4-6,8-9,11-14,16-18,27,29H,7,10,15H2,1-3H3,(H,34,35)(H,36,37). The summed E-state index contributed by atoms with van der Waals surface area (Å²) >= 11 is 0. The first-order chi connectivity index (χ1) is 19.9. The number of likely N-dealkylation sites (tertiary alicyclic amines) is 1. The minimum Gasteiger partial charge on any atom is -0.436 e. The van der Waals surface area contributed by atoms with E-state index in [2.05, 4.69) is 19.9 Å². The molecule has 0 saturated carbocycles. The Morgan fingerprint density at radius 2 is 1.71 bits per heavy atom. The van der Waals surface area contributed by atoms with Crippen molar-refractivity contribution < 1.29 is 9.21 Å². The van der Waals surface area contributed by atoms with E-state index in [4.69, 9.17) is 9.40 Å². The zero-order chi connectivity index (χ0) is 28.1. The molecule has 1 aliphatic heterocycles. The van der Waals surface area contributed by atoms with Crippen LogP contribution in [-0.2, 0) is 4.79 Å². The zero-order valence-electron chi connectivity index (χ0n) is 23.3.